The van der Waals surface area contributed by atoms with Crippen LogP contribution in [0.1, 0.15) is 83.1 Å². The van der Waals surface area contributed by atoms with E-state index in [1.54, 1.807) is 83.1 Å². The molecular formula is C16H37InO4. The van der Waals surface area contributed by atoms with E-state index >= 15 is 0 Å². The Morgan fingerprint density at radius 2 is 0.476 bits per heavy atom. The van der Waals surface area contributed by atoms with Crippen LogP contribution >= 0.6 is 0 Å². The zero-order valence-corrected chi connectivity index (χ0v) is 19.5. The molecule has 0 atom stereocenters. The van der Waals surface area contributed by atoms with Crippen LogP contribution in [0.3, 0.4) is 0 Å². The molecule has 0 aliphatic carbocycles. The van der Waals surface area contributed by atoms with Gasteiger partial charge in [-0.1, -0.05) is 62.3 Å². The quantitative estimate of drug-likeness (QED) is 0.643. The minimum Gasteiger partial charge on any atom is -0.850 e. The molecule has 0 amide bonds. The zero-order chi connectivity index (χ0) is 18.0. The standard InChI is InChI=1S/C4H10O.3C4H9O.In/c4*1-4(2,3)5;/h5H,1-3H3;3*1-3H3;/q;3*-1;+3. The van der Waals surface area contributed by atoms with E-state index in [9.17, 15) is 15.3 Å². The molecule has 1 N–H and O–H groups in total. The van der Waals surface area contributed by atoms with Gasteiger partial charge in [-0.2, -0.15) is 0 Å². The van der Waals surface area contributed by atoms with Crippen LogP contribution < -0.4 is 15.3 Å². The maximum atomic E-state index is 10.1. The van der Waals surface area contributed by atoms with Gasteiger partial charge in [0, 0.05) is 0 Å². The van der Waals surface area contributed by atoms with E-state index in [4.69, 9.17) is 5.11 Å². The van der Waals surface area contributed by atoms with E-state index in [0.717, 1.165) is 0 Å². The molecule has 0 aromatic rings. The fourth-order valence-electron chi connectivity index (χ4n) is 0. The van der Waals surface area contributed by atoms with Crippen molar-refractivity contribution in [3.8, 4) is 0 Å². The predicted octanol–water partition coefficient (Wildman–Crippen LogP) is 0.832. The SMILES string of the molecule is CC(C)(C)O.CC(C)(C)[O-].CC(C)(C)[O-].CC(C)(C)[O-].[In+3]. The summed E-state index contributed by atoms with van der Waals surface area (Å²) in [5, 5.41) is 38.8. The van der Waals surface area contributed by atoms with Gasteiger partial charge in [0.2, 0.25) is 0 Å². The normalized spacial score (nSPS) is 11.4. The molecule has 0 heterocycles. The molecule has 0 fully saturated rings. The van der Waals surface area contributed by atoms with Crippen LogP contribution in [0.25, 0.3) is 0 Å². The van der Waals surface area contributed by atoms with Crippen LogP contribution in [0.2, 0.25) is 0 Å². The van der Waals surface area contributed by atoms with Gasteiger partial charge < -0.3 is 20.4 Å². The summed E-state index contributed by atoms with van der Waals surface area (Å²) in [5.74, 6) is 0. The van der Waals surface area contributed by atoms with Crippen molar-refractivity contribution in [3.05, 3.63) is 0 Å². The van der Waals surface area contributed by atoms with Gasteiger partial charge in [0.05, 0.1) is 5.60 Å². The van der Waals surface area contributed by atoms with Crippen LogP contribution in [0.15, 0.2) is 0 Å². The molecule has 0 aromatic carbocycles. The van der Waals surface area contributed by atoms with E-state index < -0.39 is 22.4 Å². The number of aliphatic hydroxyl groups is 1. The molecule has 21 heavy (non-hydrogen) atoms. The van der Waals surface area contributed by atoms with Crippen molar-refractivity contribution in [2.75, 3.05) is 0 Å². The maximum Gasteiger partial charge on any atom is 3.00 e. The molecule has 0 saturated heterocycles. The molecule has 0 rings (SSSR count). The topological polar surface area (TPSA) is 89.4 Å². The summed E-state index contributed by atoms with van der Waals surface area (Å²) in [4.78, 5) is 0. The van der Waals surface area contributed by atoms with Crippen molar-refractivity contribution >= 4 is 25.8 Å². The Balaban J connectivity index is -0.0000000533. The molecule has 0 saturated carbocycles. The monoisotopic (exact) mass is 408 g/mol. The van der Waals surface area contributed by atoms with Gasteiger partial charge in [0.15, 0.2) is 0 Å². The molecule has 4 nitrogen and oxygen atoms in total. The van der Waals surface area contributed by atoms with Crippen molar-refractivity contribution in [1.82, 2.24) is 0 Å². The van der Waals surface area contributed by atoms with E-state index in [0.29, 0.717) is 0 Å². The van der Waals surface area contributed by atoms with Gasteiger partial charge in [-0.05, 0) is 20.8 Å². The van der Waals surface area contributed by atoms with Gasteiger partial charge in [-0.3, -0.25) is 0 Å². The third kappa shape index (κ3) is 14400. The Bertz CT molecular complexity index is 130. The summed E-state index contributed by atoms with van der Waals surface area (Å²) in [7, 11) is 0. The molecule has 0 unspecified atom stereocenters. The van der Waals surface area contributed by atoms with Crippen LogP contribution in [-0.2, 0) is 0 Å². The van der Waals surface area contributed by atoms with Crippen molar-refractivity contribution < 1.29 is 20.4 Å². The summed E-state index contributed by atoms with van der Waals surface area (Å²) in [6.07, 6.45) is 0. The number of rotatable bonds is 0. The summed E-state index contributed by atoms with van der Waals surface area (Å²) in [6, 6.07) is 0. The summed E-state index contributed by atoms with van der Waals surface area (Å²) in [5.41, 5.74) is -2.75. The minimum atomic E-state index is -0.750. The molecule has 0 spiro atoms. The molecule has 0 bridgehead atoms. The third-order valence-corrected chi connectivity index (χ3v) is 0. The van der Waals surface area contributed by atoms with Gasteiger partial charge in [-0.15, -0.1) is 16.8 Å². The van der Waals surface area contributed by atoms with Crippen LogP contribution in [0.5, 0.6) is 0 Å². The Labute approximate surface area is 151 Å². The Morgan fingerprint density at radius 1 is 0.476 bits per heavy atom. The largest absolute Gasteiger partial charge is 3.00 e. The predicted molar refractivity (Wildman–Crippen MR) is 87.0 cm³/mol. The molecule has 128 valence electrons. The summed E-state index contributed by atoms with van der Waals surface area (Å²) < 4.78 is 0. The Morgan fingerprint density at radius 3 is 0.476 bits per heavy atom. The van der Waals surface area contributed by atoms with Crippen LogP contribution in [0.4, 0.5) is 0 Å². The van der Waals surface area contributed by atoms with E-state index in [1.165, 1.54) is 0 Å². The van der Waals surface area contributed by atoms with Crippen molar-refractivity contribution in [3.63, 3.8) is 0 Å². The molecule has 0 aliphatic heterocycles. The van der Waals surface area contributed by atoms with Gasteiger partial charge in [0.1, 0.15) is 0 Å². The summed E-state index contributed by atoms with van der Waals surface area (Å²) >= 11 is 0. The van der Waals surface area contributed by atoms with Crippen molar-refractivity contribution in [1.29, 1.82) is 0 Å². The first-order chi connectivity index (χ1) is 8.00. The van der Waals surface area contributed by atoms with Gasteiger partial charge in [-0.25, -0.2) is 0 Å². The van der Waals surface area contributed by atoms with E-state index in [-0.39, 0.29) is 25.8 Å². The fraction of sp³-hybridized carbons (Fsp3) is 1.00. The van der Waals surface area contributed by atoms with Gasteiger partial charge in [0.25, 0.3) is 0 Å². The summed E-state index contributed by atoms with van der Waals surface area (Å²) in [6.45, 7) is 19.9. The Hall–Kier alpha value is 0.710. The first kappa shape index (κ1) is 33.3. The zero-order valence-electron chi connectivity index (χ0n) is 16.2. The second-order valence-corrected chi connectivity index (χ2v) is 8.51. The van der Waals surface area contributed by atoms with E-state index in [1.807, 2.05) is 0 Å². The average molecular weight is 408 g/mol. The van der Waals surface area contributed by atoms with Crippen molar-refractivity contribution in [2.45, 2.75) is 105 Å². The third-order valence-electron chi connectivity index (χ3n) is 0. The first-order valence-corrected chi connectivity index (χ1v) is 6.84. The average Bonchev–Trinajstić information content (AvgIpc) is 1.62. The van der Waals surface area contributed by atoms with Crippen LogP contribution in [-0.4, -0.2) is 53.4 Å². The molecule has 0 radical (unpaired) electrons. The first-order valence-electron chi connectivity index (χ1n) is 6.84. The van der Waals surface area contributed by atoms with Crippen molar-refractivity contribution in [2.24, 2.45) is 0 Å². The van der Waals surface area contributed by atoms with Crippen LogP contribution in [0, 0.1) is 0 Å². The smallest absolute Gasteiger partial charge is 0.850 e. The van der Waals surface area contributed by atoms with Gasteiger partial charge >= 0.3 is 25.8 Å². The number of hydrogen-bond donors (Lipinski definition) is 1. The molecule has 0 aromatic heterocycles. The second kappa shape index (κ2) is 13.2. The number of hydrogen-bond acceptors (Lipinski definition) is 4. The molecule has 5 heteroatoms. The minimum absolute atomic E-state index is 0. The van der Waals surface area contributed by atoms with E-state index in [2.05, 4.69) is 0 Å². The molecule has 0 aliphatic rings. The maximum absolute atomic E-state index is 10.1. The fourth-order valence-corrected chi connectivity index (χ4v) is 0. The Kier molecular flexibility index (Phi) is 20.9. The molecular weight excluding hydrogens is 371 g/mol. The second-order valence-electron chi connectivity index (χ2n) is 8.51.